The summed E-state index contributed by atoms with van der Waals surface area (Å²) in [6, 6.07) is 18.3. The van der Waals surface area contributed by atoms with Gasteiger partial charge in [0, 0.05) is 17.4 Å². The van der Waals surface area contributed by atoms with E-state index in [9.17, 15) is 9.59 Å². The molecule has 5 nitrogen and oxygen atoms in total. The van der Waals surface area contributed by atoms with E-state index >= 15 is 0 Å². The maximum Gasteiger partial charge on any atom is 0.270 e. The smallest absolute Gasteiger partial charge is 0.270 e. The van der Waals surface area contributed by atoms with Gasteiger partial charge in [0.2, 0.25) is 0 Å². The second kappa shape index (κ2) is 8.61. The van der Waals surface area contributed by atoms with E-state index in [1.165, 1.54) is 16.7 Å². The summed E-state index contributed by atoms with van der Waals surface area (Å²) < 4.78 is 0.461. The molecular weight excluding hydrogens is 414 g/mol. The van der Waals surface area contributed by atoms with Gasteiger partial charge in [-0.25, -0.2) is 0 Å². The number of hydrogen-bond acceptors (Lipinski definition) is 5. The molecule has 1 aliphatic heterocycles. The SMILES string of the molecule is Cc1ccc(C(=O)Nc2cccc(/C=C3/SC(=S)N(c4cccnc4)C3=O)c2)cc1. The molecule has 30 heavy (non-hydrogen) atoms. The molecule has 148 valence electrons. The number of pyridine rings is 1. The average Bonchev–Trinajstić information content (AvgIpc) is 3.02. The molecule has 4 rings (SSSR count). The molecule has 2 aromatic carbocycles. The van der Waals surface area contributed by atoms with Gasteiger partial charge in [-0.1, -0.05) is 53.8 Å². The van der Waals surface area contributed by atoms with Crippen molar-refractivity contribution in [3.63, 3.8) is 0 Å². The van der Waals surface area contributed by atoms with Crippen LogP contribution >= 0.6 is 24.0 Å². The summed E-state index contributed by atoms with van der Waals surface area (Å²) in [6.07, 6.45) is 5.03. The fourth-order valence-corrected chi connectivity index (χ4v) is 4.24. The van der Waals surface area contributed by atoms with Crippen molar-refractivity contribution in [1.29, 1.82) is 0 Å². The zero-order chi connectivity index (χ0) is 21.1. The molecule has 0 saturated carbocycles. The number of thioether (sulfide) groups is 1. The second-order valence-corrected chi connectivity index (χ2v) is 8.35. The summed E-state index contributed by atoms with van der Waals surface area (Å²) in [4.78, 5) is 31.4. The Hall–Kier alpha value is -3.29. The molecule has 1 N–H and O–H groups in total. The maximum absolute atomic E-state index is 12.8. The van der Waals surface area contributed by atoms with Gasteiger partial charge in [0.05, 0.1) is 16.8 Å². The molecule has 2 amide bonds. The van der Waals surface area contributed by atoms with E-state index < -0.39 is 0 Å². The van der Waals surface area contributed by atoms with E-state index in [4.69, 9.17) is 12.2 Å². The maximum atomic E-state index is 12.8. The number of thiocarbonyl (C=S) groups is 1. The molecule has 0 atom stereocenters. The van der Waals surface area contributed by atoms with Crippen molar-refractivity contribution in [2.75, 3.05) is 10.2 Å². The number of anilines is 2. The molecule has 3 aromatic rings. The predicted molar refractivity (Wildman–Crippen MR) is 125 cm³/mol. The van der Waals surface area contributed by atoms with E-state index in [2.05, 4.69) is 10.3 Å². The summed E-state index contributed by atoms with van der Waals surface area (Å²) in [5.41, 5.74) is 3.77. The van der Waals surface area contributed by atoms with Crippen LogP contribution in [0.2, 0.25) is 0 Å². The number of carbonyl (C=O) groups is 2. The molecule has 2 heterocycles. The van der Waals surface area contributed by atoms with Crippen LogP contribution in [0.4, 0.5) is 11.4 Å². The quantitative estimate of drug-likeness (QED) is 0.463. The lowest BCUT2D eigenvalue weighted by Crippen LogP contribution is -2.27. The Labute approximate surface area is 183 Å². The lowest BCUT2D eigenvalue weighted by atomic mass is 10.1. The molecule has 1 aliphatic rings. The largest absolute Gasteiger partial charge is 0.322 e. The van der Waals surface area contributed by atoms with Gasteiger partial charge in [-0.05, 0) is 55.0 Å². The molecule has 0 bridgehead atoms. The van der Waals surface area contributed by atoms with Crippen LogP contribution in [-0.4, -0.2) is 21.1 Å². The van der Waals surface area contributed by atoms with E-state index in [1.54, 1.807) is 42.7 Å². The Morgan fingerprint density at radius 3 is 2.67 bits per heavy atom. The number of hydrogen-bond donors (Lipinski definition) is 1. The highest BCUT2D eigenvalue weighted by molar-refractivity contribution is 8.27. The molecule has 0 unspecified atom stereocenters. The van der Waals surface area contributed by atoms with Gasteiger partial charge in [-0.3, -0.25) is 19.5 Å². The summed E-state index contributed by atoms with van der Waals surface area (Å²) in [5.74, 6) is -0.373. The minimum absolute atomic E-state index is 0.185. The van der Waals surface area contributed by atoms with Crippen molar-refractivity contribution in [3.05, 3.63) is 94.7 Å². The van der Waals surface area contributed by atoms with Crippen LogP contribution in [0.1, 0.15) is 21.5 Å². The lowest BCUT2D eigenvalue weighted by Gasteiger charge is -2.13. The molecule has 1 saturated heterocycles. The van der Waals surface area contributed by atoms with Gasteiger partial charge in [-0.2, -0.15) is 0 Å². The van der Waals surface area contributed by atoms with Crippen LogP contribution in [0.5, 0.6) is 0 Å². The number of rotatable bonds is 4. The Bertz CT molecular complexity index is 1160. The second-order valence-electron chi connectivity index (χ2n) is 6.67. The summed E-state index contributed by atoms with van der Waals surface area (Å²) in [7, 11) is 0. The van der Waals surface area contributed by atoms with E-state index in [-0.39, 0.29) is 11.8 Å². The zero-order valence-corrected chi connectivity index (χ0v) is 17.7. The van der Waals surface area contributed by atoms with E-state index in [0.717, 1.165) is 11.1 Å². The molecule has 7 heteroatoms. The number of benzene rings is 2. The molecular formula is C23H17N3O2S2. The van der Waals surface area contributed by atoms with E-state index in [1.807, 2.05) is 43.3 Å². The van der Waals surface area contributed by atoms with Gasteiger partial charge >= 0.3 is 0 Å². The fraction of sp³-hybridized carbons (Fsp3) is 0.0435. The molecule has 1 aromatic heterocycles. The van der Waals surface area contributed by atoms with Crippen LogP contribution < -0.4 is 10.2 Å². The number of carbonyl (C=O) groups excluding carboxylic acids is 2. The van der Waals surface area contributed by atoms with Gasteiger partial charge in [-0.15, -0.1) is 0 Å². The highest BCUT2D eigenvalue weighted by Gasteiger charge is 2.33. The number of nitrogens with one attached hydrogen (secondary N) is 1. The van der Waals surface area contributed by atoms with Crippen LogP contribution in [-0.2, 0) is 4.79 Å². The standard InChI is InChI=1S/C23H17N3O2S2/c1-15-7-9-17(10-8-15)21(27)25-18-5-2-4-16(12-18)13-20-22(28)26(23(29)30-20)19-6-3-11-24-14-19/h2-14H,1H3,(H,25,27)/b20-13+. The first kappa shape index (κ1) is 20.0. The van der Waals surface area contributed by atoms with Crippen molar-refractivity contribution < 1.29 is 9.59 Å². The van der Waals surface area contributed by atoms with Crippen molar-refractivity contribution in [1.82, 2.24) is 4.98 Å². The van der Waals surface area contributed by atoms with Crippen LogP contribution in [0, 0.1) is 6.92 Å². The molecule has 0 spiro atoms. The van der Waals surface area contributed by atoms with E-state index in [0.29, 0.717) is 26.2 Å². The highest BCUT2D eigenvalue weighted by atomic mass is 32.2. The Morgan fingerprint density at radius 1 is 1.13 bits per heavy atom. The van der Waals surface area contributed by atoms with Crippen LogP contribution in [0.3, 0.4) is 0 Å². The topological polar surface area (TPSA) is 62.3 Å². The minimum atomic E-state index is -0.188. The lowest BCUT2D eigenvalue weighted by molar-refractivity contribution is -0.113. The van der Waals surface area contributed by atoms with Crippen molar-refractivity contribution >= 4 is 57.6 Å². The molecule has 0 aliphatic carbocycles. The third kappa shape index (κ3) is 4.32. The number of nitrogens with zero attached hydrogens (tertiary/aromatic N) is 2. The number of aryl methyl sites for hydroxylation is 1. The number of aromatic nitrogens is 1. The highest BCUT2D eigenvalue weighted by Crippen LogP contribution is 2.35. The van der Waals surface area contributed by atoms with Crippen molar-refractivity contribution in [2.45, 2.75) is 6.92 Å². The Morgan fingerprint density at radius 2 is 1.93 bits per heavy atom. The third-order valence-corrected chi connectivity index (χ3v) is 5.76. The molecule has 0 radical (unpaired) electrons. The van der Waals surface area contributed by atoms with Crippen LogP contribution in [0.15, 0.2) is 78.0 Å². The predicted octanol–water partition coefficient (Wildman–Crippen LogP) is 5.05. The zero-order valence-electron chi connectivity index (χ0n) is 16.0. The Kier molecular flexibility index (Phi) is 5.74. The minimum Gasteiger partial charge on any atom is -0.322 e. The third-order valence-electron chi connectivity index (χ3n) is 4.45. The summed E-state index contributed by atoms with van der Waals surface area (Å²) in [6.45, 7) is 1.97. The van der Waals surface area contributed by atoms with Gasteiger partial charge in [0.15, 0.2) is 4.32 Å². The fourth-order valence-electron chi connectivity index (χ4n) is 2.94. The first-order chi connectivity index (χ1) is 14.5. The van der Waals surface area contributed by atoms with Crippen LogP contribution in [0.25, 0.3) is 6.08 Å². The Balaban J connectivity index is 1.53. The average molecular weight is 432 g/mol. The van der Waals surface area contributed by atoms with Gasteiger partial charge < -0.3 is 5.32 Å². The first-order valence-electron chi connectivity index (χ1n) is 9.17. The first-order valence-corrected chi connectivity index (χ1v) is 10.4. The normalized spacial score (nSPS) is 15.0. The summed E-state index contributed by atoms with van der Waals surface area (Å²) in [5, 5.41) is 2.89. The van der Waals surface area contributed by atoms with Gasteiger partial charge in [0.25, 0.3) is 11.8 Å². The molecule has 1 fully saturated rings. The monoisotopic (exact) mass is 431 g/mol. The van der Waals surface area contributed by atoms with Gasteiger partial charge in [0.1, 0.15) is 0 Å². The number of amides is 2. The van der Waals surface area contributed by atoms with Crippen molar-refractivity contribution in [3.8, 4) is 0 Å². The summed E-state index contributed by atoms with van der Waals surface area (Å²) >= 11 is 6.62. The van der Waals surface area contributed by atoms with Crippen molar-refractivity contribution in [2.24, 2.45) is 0 Å².